The van der Waals surface area contributed by atoms with E-state index in [9.17, 15) is 14.7 Å². The molecule has 0 heterocycles. The summed E-state index contributed by atoms with van der Waals surface area (Å²) in [6, 6.07) is 0. The van der Waals surface area contributed by atoms with Gasteiger partial charge < -0.3 is 14.6 Å². The lowest BCUT2D eigenvalue weighted by Gasteiger charge is -2.33. The van der Waals surface area contributed by atoms with Gasteiger partial charge in [0.15, 0.2) is 5.92 Å². The Morgan fingerprint density at radius 1 is 1.00 bits per heavy atom. The van der Waals surface area contributed by atoms with Gasteiger partial charge in [0.05, 0.1) is 18.8 Å². The van der Waals surface area contributed by atoms with Crippen molar-refractivity contribution in [2.45, 2.75) is 65.4 Å². The van der Waals surface area contributed by atoms with Crippen LogP contribution in [0.2, 0.25) is 0 Å². The van der Waals surface area contributed by atoms with Gasteiger partial charge in [0.2, 0.25) is 0 Å². The molecule has 0 aromatic heterocycles. The Bertz CT molecular complexity index is 359. The van der Waals surface area contributed by atoms with Gasteiger partial charge in [0.1, 0.15) is 0 Å². The van der Waals surface area contributed by atoms with Crippen LogP contribution in [0.4, 0.5) is 0 Å². The summed E-state index contributed by atoms with van der Waals surface area (Å²) < 4.78 is 9.97. The van der Waals surface area contributed by atoms with E-state index >= 15 is 0 Å². The molecule has 5 heteroatoms. The van der Waals surface area contributed by atoms with Crippen LogP contribution in [0.3, 0.4) is 0 Å². The molecule has 21 heavy (non-hydrogen) atoms. The number of hydrogen-bond acceptors (Lipinski definition) is 5. The second kappa shape index (κ2) is 7.25. The summed E-state index contributed by atoms with van der Waals surface area (Å²) in [5, 5.41) is 10.9. The first-order valence-corrected chi connectivity index (χ1v) is 7.81. The number of hydrogen-bond donors (Lipinski definition) is 1. The summed E-state index contributed by atoms with van der Waals surface area (Å²) in [5.74, 6) is -2.61. The third kappa shape index (κ3) is 4.70. The Balaban J connectivity index is 2.99. The first kappa shape index (κ1) is 18.0. The molecule has 1 unspecified atom stereocenters. The molecule has 1 aliphatic carbocycles. The van der Waals surface area contributed by atoms with Crippen molar-refractivity contribution in [1.82, 2.24) is 0 Å². The van der Waals surface area contributed by atoms with Crippen LogP contribution in [-0.4, -0.2) is 35.9 Å². The fraction of sp³-hybridized carbons (Fsp3) is 0.875. The van der Waals surface area contributed by atoms with Crippen LogP contribution < -0.4 is 0 Å². The van der Waals surface area contributed by atoms with Crippen LogP contribution in [0.15, 0.2) is 0 Å². The molecule has 0 aromatic rings. The van der Waals surface area contributed by atoms with Crippen molar-refractivity contribution < 1.29 is 24.2 Å². The van der Waals surface area contributed by atoms with Gasteiger partial charge >= 0.3 is 11.9 Å². The van der Waals surface area contributed by atoms with E-state index < -0.39 is 23.5 Å². The lowest BCUT2D eigenvalue weighted by Crippen LogP contribution is -2.48. The fourth-order valence-electron chi connectivity index (χ4n) is 2.95. The Kier molecular flexibility index (Phi) is 6.20. The van der Waals surface area contributed by atoms with Crippen molar-refractivity contribution in [2.24, 2.45) is 11.3 Å². The van der Waals surface area contributed by atoms with Crippen LogP contribution in [0.5, 0.6) is 0 Å². The molecule has 1 aliphatic rings. The van der Waals surface area contributed by atoms with Gasteiger partial charge in [0, 0.05) is 0 Å². The minimum Gasteiger partial charge on any atom is -0.465 e. The van der Waals surface area contributed by atoms with Crippen LogP contribution in [-0.2, 0) is 19.1 Å². The number of ether oxygens (including phenoxy) is 2. The number of esters is 2. The van der Waals surface area contributed by atoms with Crippen molar-refractivity contribution >= 4 is 11.9 Å². The van der Waals surface area contributed by atoms with Crippen molar-refractivity contribution in [3.63, 3.8) is 0 Å². The van der Waals surface area contributed by atoms with Crippen LogP contribution >= 0.6 is 0 Å². The summed E-state index contributed by atoms with van der Waals surface area (Å²) in [7, 11) is 0. The lowest BCUT2D eigenvalue weighted by atomic mass is 9.79. The van der Waals surface area contributed by atoms with Crippen molar-refractivity contribution in [3.05, 3.63) is 0 Å². The summed E-state index contributed by atoms with van der Waals surface area (Å²) in [6.07, 6.45) is 3.33. The average Bonchev–Trinajstić information content (AvgIpc) is 2.50. The van der Waals surface area contributed by atoms with Gasteiger partial charge in [-0.2, -0.15) is 0 Å². The highest BCUT2D eigenvalue weighted by molar-refractivity contribution is 5.96. The normalized spacial score (nSPS) is 25.2. The number of carbonyl (C=O) groups is 2. The zero-order valence-corrected chi connectivity index (χ0v) is 13.6. The second-order valence-corrected chi connectivity index (χ2v) is 6.56. The number of carbonyl (C=O) groups excluding carboxylic acids is 2. The summed E-state index contributed by atoms with van der Waals surface area (Å²) in [5.41, 5.74) is -1.26. The lowest BCUT2D eigenvalue weighted by molar-refractivity contribution is -0.176. The summed E-state index contributed by atoms with van der Waals surface area (Å²) >= 11 is 0. The van der Waals surface area contributed by atoms with E-state index in [2.05, 4.69) is 13.8 Å². The smallest absolute Gasteiger partial charge is 0.323 e. The van der Waals surface area contributed by atoms with Crippen LogP contribution in [0.25, 0.3) is 0 Å². The standard InChI is InChI=1S/C16H28O5/c1-5-20-13(17)12(14(18)21-6-2)16(19)9-7-8-15(3,4)10-11-16/h12,19H,5-11H2,1-4H3. The van der Waals surface area contributed by atoms with E-state index in [1.54, 1.807) is 13.8 Å². The molecule has 0 spiro atoms. The molecule has 1 rings (SSSR count). The van der Waals surface area contributed by atoms with E-state index in [0.29, 0.717) is 12.8 Å². The van der Waals surface area contributed by atoms with E-state index in [1.165, 1.54) is 0 Å². The molecular weight excluding hydrogens is 272 g/mol. The predicted octanol–water partition coefficient (Wildman–Crippen LogP) is 2.45. The minimum atomic E-state index is -1.37. The average molecular weight is 300 g/mol. The maximum atomic E-state index is 12.2. The van der Waals surface area contributed by atoms with Crippen molar-refractivity contribution in [2.75, 3.05) is 13.2 Å². The van der Waals surface area contributed by atoms with Crippen LogP contribution in [0, 0.1) is 11.3 Å². The molecule has 0 aromatic carbocycles. The van der Waals surface area contributed by atoms with Gasteiger partial charge in [-0.1, -0.05) is 20.3 Å². The minimum absolute atomic E-state index is 0.109. The zero-order chi connectivity index (χ0) is 16.1. The Morgan fingerprint density at radius 3 is 2.00 bits per heavy atom. The van der Waals surface area contributed by atoms with Gasteiger partial charge in [-0.25, -0.2) is 0 Å². The molecule has 0 bridgehead atoms. The Hall–Kier alpha value is -1.10. The highest BCUT2D eigenvalue weighted by atomic mass is 16.6. The molecule has 1 fully saturated rings. The first-order chi connectivity index (χ1) is 9.75. The van der Waals surface area contributed by atoms with Gasteiger partial charge in [-0.05, 0) is 44.9 Å². The van der Waals surface area contributed by atoms with Crippen molar-refractivity contribution in [3.8, 4) is 0 Å². The van der Waals surface area contributed by atoms with Crippen molar-refractivity contribution in [1.29, 1.82) is 0 Å². The molecule has 122 valence electrons. The van der Waals surface area contributed by atoms with E-state index in [4.69, 9.17) is 9.47 Å². The zero-order valence-electron chi connectivity index (χ0n) is 13.6. The van der Waals surface area contributed by atoms with Gasteiger partial charge in [-0.15, -0.1) is 0 Å². The first-order valence-electron chi connectivity index (χ1n) is 7.81. The van der Waals surface area contributed by atoms with Gasteiger partial charge in [-0.3, -0.25) is 9.59 Å². The highest BCUT2D eigenvalue weighted by Crippen LogP contribution is 2.41. The maximum Gasteiger partial charge on any atom is 0.323 e. The molecule has 1 N–H and O–H groups in total. The number of aliphatic hydroxyl groups is 1. The van der Waals surface area contributed by atoms with E-state index in [0.717, 1.165) is 19.3 Å². The molecule has 1 atom stereocenters. The van der Waals surface area contributed by atoms with E-state index in [1.807, 2.05) is 0 Å². The molecule has 0 aliphatic heterocycles. The Morgan fingerprint density at radius 2 is 1.52 bits per heavy atom. The van der Waals surface area contributed by atoms with E-state index in [-0.39, 0.29) is 18.6 Å². The monoisotopic (exact) mass is 300 g/mol. The third-order valence-electron chi connectivity index (χ3n) is 4.28. The molecular formula is C16H28O5. The highest BCUT2D eigenvalue weighted by Gasteiger charge is 2.49. The quantitative estimate of drug-likeness (QED) is 0.479. The topological polar surface area (TPSA) is 72.8 Å². The molecule has 5 nitrogen and oxygen atoms in total. The molecule has 0 saturated heterocycles. The Labute approximate surface area is 127 Å². The molecule has 0 radical (unpaired) electrons. The predicted molar refractivity (Wildman–Crippen MR) is 78.6 cm³/mol. The second-order valence-electron chi connectivity index (χ2n) is 6.56. The summed E-state index contributed by atoms with van der Waals surface area (Å²) in [6.45, 7) is 8.00. The number of rotatable bonds is 5. The van der Waals surface area contributed by atoms with Gasteiger partial charge in [0.25, 0.3) is 0 Å². The molecule has 1 saturated carbocycles. The SMILES string of the molecule is CCOC(=O)C(C(=O)OCC)C1(O)CCCC(C)(C)CC1. The largest absolute Gasteiger partial charge is 0.465 e. The summed E-state index contributed by atoms with van der Waals surface area (Å²) in [4.78, 5) is 24.3. The fourth-order valence-corrected chi connectivity index (χ4v) is 2.95. The molecule has 0 amide bonds. The third-order valence-corrected chi connectivity index (χ3v) is 4.28. The van der Waals surface area contributed by atoms with Crippen LogP contribution in [0.1, 0.15) is 59.8 Å². The maximum absolute atomic E-state index is 12.2.